The summed E-state index contributed by atoms with van der Waals surface area (Å²) in [4.78, 5) is 41.0. The van der Waals surface area contributed by atoms with Crippen LogP contribution in [0.3, 0.4) is 0 Å². The molecule has 2 heterocycles. The minimum Gasteiger partial charge on any atom is -0.300 e. The van der Waals surface area contributed by atoms with E-state index in [9.17, 15) is 14.4 Å². The average Bonchev–Trinajstić information content (AvgIpc) is 2.29. The summed E-state index contributed by atoms with van der Waals surface area (Å²) in [6, 6.07) is 0. The molecule has 0 saturated heterocycles. The quantitative estimate of drug-likeness (QED) is 0.393. The molecule has 0 saturated carbocycles. The van der Waals surface area contributed by atoms with E-state index >= 15 is 0 Å². The van der Waals surface area contributed by atoms with Crippen molar-refractivity contribution in [2.75, 3.05) is 0 Å². The van der Waals surface area contributed by atoms with Gasteiger partial charge in [-0.3, -0.25) is 24.7 Å². The van der Waals surface area contributed by atoms with Crippen LogP contribution in [0.1, 0.15) is 0 Å². The molecule has 3 radical (unpaired) electrons. The van der Waals surface area contributed by atoms with E-state index in [1.807, 2.05) is 4.98 Å². The Bertz CT molecular complexity index is 588. The largest absolute Gasteiger partial charge is 0.327 e. The minimum atomic E-state index is -0.650. The fraction of sp³-hybridized carbons (Fsp3) is 0. The van der Waals surface area contributed by atoms with Crippen LogP contribution in [0.2, 0.25) is 0 Å². The van der Waals surface area contributed by atoms with Gasteiger partial charge in [0.05, 0.1) is 0 Å². The van der Waals surface area contributed by atoms with Crippen molar-refractivity contribution < 1.29 is 0 Å². The third-order valence-electron chi connectivity index (χ3n) is 1.42. The van der Waals surface area contributed by atoms with Crippen LogP contribution in [-0.4, -0.2) is 46.1 Å². The van der Waals surface area contributed by atoms with Gasteiger partial charge in [-0.1, -0.05) is 0 Å². The molecular formula is C5H4BiN4O3. The standard InChI is InChI=1S/C5H4N4O3.Bi/c10-3-1-2(7-4(11)6-1)8-5(12)9-3;/h(H4,6,7,8,9,10,11,12);. The van der Waals surface area contributed by atoms with Gasteiger partial charge in [-0.2, -0.15) is 0 Å². The van der Waals surface area contributed by atoms with E-state index in [1.54, 1.807) is 0 Å². The molecular weight excluding hydrogens is 373 g/mol. The number of nitrogens with one attached hydrogen (secondary N) is 4. The monoisotopic (exact) mass is 377 g/mol. The van der Waals surface area contributed by atoms with Crippen LogP contribution < -0.4 is 16.9 Å². The molecule has 2 rings (SSSR count). The second kappa shape index (κ2) is 3.29. The Labute approximate surface area is 88.7 Å². The van der Waals surface area contributed by atoms with Gasteiger partial charge in [0.15, 0.2) is 0 Å². The van der Waals surface area contributed by atoms with Gasteiger partial charge in [0.2, 0.25) is 0 Å². The van der Waals surface area contributed by atoms with Crippen LogP contribution in [-0.2, 0) is 0 Å². The van der Waals surface area contributed by atoms with Crippen molar-refractivity contribution in [1.82, 2.24) is 19.9 Å². The Morgan fingerprint density at radius 3 is 1.92 bits per heavy atom. The van der Waals surface area contributed by atoms with E-state index in [1.165, 1.54) is 0 Å². The van der Waals surface area contributed by atoms with Crippen molar-refractivity contribution in [1.29, 1.82) is 0 Å². The fourth-order valence-electron chi connectivity index (χ4n) is 0.958. The third kappa shape index (κ3) is 1.62. The van der Waals surface area contributed by atoms with Crippen LogP contribution in [0.5, 0.6) is 0 Å². The molecule has 0 aliphatic heterocycles. The molecule has 0 spiro atoms. The molecule has 0 unspecified atom stereocenters. The molecule has 0 atom stereocenters. The Kier molecular flexibility index (Phi) is 2.51. The van der Waals surface area contributed by atoms with Crippen molar-refractivity contribution in [2.45, 2.75) is 0 Å². The molecule has 0 aliphatic carbocycles. The molecule has 8 heteroatoms. The molecule has 0 fully saturated rings. The zero-order valence-electron chi connectivity index (χ0n) is 6.17. The summed E-state index contributed by atoms with van der Waals surface area (Å²) in [6.07, 6.45) is 0. The third-order valence-corrected chi connectivity index (χ3v) is 1.42. The van der Waals surface area contributed by atoms with Gasteiger partial charge in [0.1, 0.15) is 11.2 Å². The first-order valence-corrected chi connectivity index (χ1v) is 3.11. The topological polar surface area (TPSA) is 114 Å². The molecule has 7 nitrogen and oxygen atoms in total. The van der Waals surface area contributed by atoms with E-state index in [-0.39, 0.29) is 37.4 Å². The number of hydrogen-bond acceptors (Lipinski definition) is 3. The number of fused-ring (bicyclic) bond motifs is 1. The zero-order valence-corrected chi connectivity index (χ0v) is 9.65. The van der Waals surface area contributed by atoms with E-state index in [4.69, 9.17) is 0 Å². The van der Waals surface area contributed by atoms with Crippen molar-refractivity contribution in [3.63, 3.8) is 0 Å². The van der Waals surface area contributed by atoms with Crippen molar-refractivity contribution in [2.24, 2.45) is 0 Å². The molecule has 4 N–H and O–H groups in total. The van der Waals surface area contributed by atoms with Gasteiger partial charge < -0.3 is 0 Å². The van der Waals surface area contributed by atoms with Gasteiger partial charge >= 0.3 is 11.4 Å². The summed E-state index contributed by atoms with van der Waals surface area (Å²) in [6.45, 7) is 0. The number of imidazole rings is 1. The molecule has 0 amide bonds. The molecule has 0 aromatic carbocycles. The first kappa shape index (κ1) is 9.92. The number of aromatic nitrogens is 4. The maximum Gasteiger partial charge on any atom is 0.327 e. The summed E-state index contributed by atoms with van der Waals surface area (Å²) in [5.41, 5.74) is -1.65. The summed E-state index contributed by atoms with van der Waals surface area (Å²) in [5.74, 6) is 0. The molecule has 2 aromatic heterocycles. The zero-order chi connectivity index (χ0) is 8.72. The van der Waals surface area contributed by atoms with Crippen molar-refractivity contribution in [3.8, 4) is 0 Å². The predicted molar refractivity (Wildman–Crippen MR) is 45.9 cm³/mol. The summed E-state index contributed by atoms with van der Waals surface area (Å²) in [5, 5.41) is 0. The molecule has 13 heavy (non-hydrogen) atoms. The van der Waals surface area contributed by atoms with Gasteiger partial charge in [0, 0.05) is 26.2 Å². The molecule has 0 aliphatic rings. The first-order valence-electron chi connectivity index (χ1n) is 3.11. The van der Waals surface area contributed by atoms with E-state index in [0.717, 1.165) is 0 Å². The molecule has 2 aromatic rings. The maximum atomic E-state index is 10.9. The predicted octanol–water partition coefficient (Wildman–Crippen LogP) is -2.15. The number of hydrogen-bond donors (Lipinski definition) is 4. The van der Waals surface area contributed by atoms with Crippen LogP contribution in [0.25, 0.3) is 11.2 Å². The normalized spacial score (nSPS) is 9.85. The average molecular weight is 377 g/mol. The summed E-state index contributed by atoms with van der Waals surface area (Å²) >= 11 is 0. The van der Waals surface area contributed by atoms with Crippen LogP contribution in [0, 0.1) is 0 Å². The van der Waals surface area contributed by atoms with E-state index in [0.29, 0.717) is 0 Å². The Balaban J connectivity index is 0.000000845. The van der Waals surface area contributed by atoms with Crippen LogP contribution in [0.4, 0.5) is 0 Å². The van der Waals surface area contributed by atoms with Gasteiger partial charge in [-0.15, -0.1) is 0 Å². The maximum absolute atomic E-state index is 10.9. The van der Waals surface area contributed by atoms with Crippen molar-refractivity contribution >= 4 is 37.4 Å². The van der Waals surface area contributed by atoms with Crippen LogP contribution in [0.15, 0.2) is 14.4 Å². The Hall–Kier alpha value is -1.17. The number of aromatic amines is 4. The van der Waals surface area contributed by atoms with Crippen LogP contribution >= 0.6 is 0 Å². The van der Waals surface area contributed by atoms with E-state index in [2.05, 4.69) is 15.0 Å². The summed E-state index contributed by atoms with van der Waals surface area (Å²) in [7, 11) is 0. The SMILES string of the molecule is O=c1[nH]c(=O)c2[nH]c(=O)[nH]c2[nH]1.[Bi]. The molecule has 0 bridgehead atoms. The van der Waals surface area contributed by atoms with Gasteiger partial charge in [0.25, 0.3) is 5.56 Å². The number of rotatable bonds is 0. The Morgan fingerprint density at radius 2 is 1.31 bits per heavy atom. The minimum absolute atomic E-state index is 0. The smallest absolute Gasteiger partial charge is 0.300 e. The second-order valence-electron chi connectivity index (χ2n) is 2.24. The Morgan fingerprint density at radius 1 is 0.769 bits per heavy atom. The van der Waals surface area contributed by atoms with Crippen molar-refractivity contribution in [3.05, 3.63) is 31.3 Å². The fourth-order valence-corrected chi connectivity index (χ4v) is 0.958. The second-order valence-corrected chi connectivity index (χ2v) is 2.24. The van der Waals surface area contributed by atoms with E-state index < -0.39 is 16.9 Å². The summed E-state index contributed by atoms with van der Waals surface area (Å²) < 4.78 is 0. The number of H-pyrrole nitrogens is 4. The van der Waals surface area contributed by atoms with Gasteiger partial charge in [-0.05, 0) is 0 Å². The first-order chi connectivity index (χ1) is 5.66. The van der Waals surface area contributed by atoms with Gasteiger partial charge in [-0.25, -0.2) is 9.59 Å². The molecule has 67 valence electrons.